The summed E-state index contributed by atoms with van der Waals surface area (Å²) in [5.74, 6) is -0.113. The molecule has 0 radical (unpaired) electrons. The molecule has 1 saturated heterocycles. The third-order valence-corrected chi connectivity index (χ3v) is 8.09. The van der Waals surface area contributed by atoms with Gasteiger partial charge in [-0.1, -0.05) is 47.5 Å². The minimum atomic E-state index is -4.54. The van der Waals surface area contributed by atoms with Gasteiger partial charge in [-0.25, -0.2) is 0 Å². The van der Waals surface area contributed by atoms with Gasteiger partial charge in [-0.3, -0.25) is 14.7 Å². The SMILES string of the molecule is COC(=O)C1(c2cc(C)cc(C)c2)CCN(CCOc2cc(Nc3cc(C)nc4ccccc34)cc(C(F)(F)F)c2)CC1. The van der Waals surface area contributed by atoms with Crippen molar-refractivity contribution < 1.29 is 27.4 Å². The van der Waals surface area contributed by atoms with Gasteiger partial charge in [0.2, 0.25) is 0 Å². The molecule has 0 atom stereocenters. The van der Waals surface area contributed by atoms with Gasteiger partial charge in [0.15, 0.2) is 0 Å². The number of para-hydroxylation sites is 1. The number of halogens is 3. The zero-order chi connectivity index (χ0) is 30.8. The molecular weight excluding hydrogens is 555 g/mol. The van der Waals surface area contributed by atoms with Crippen molar-refractivity contribution in [3.05, 3.63) is 94.7 Å². The van der Waals surface area contributed by atoms with Gasteiger partial charge >= 0.3 is 12.1 Å². The number of ether oxygens (including phenoxy) is 2. The number of benzene rings is 3. The fraction of sp³-hybridized carbons (Fsp3) is 0.353. The number of hydrogen-bond donors (Lipinski definition) is 1. The van der Waals surface area contributed by atoms with Crippen LogP contribution in [-0.4, -0.2) is 49.2 Å². The highest BCUT2D eigenvalue weighted by Crippen LogP contribution is 2.39. The largest absolute Gasteiger partial charge is 0.492 e. The first-order valence-electron chi connectivity index (χ1n) is 14.3. The maximum atomic E-state index is 13.8. The summed E-state index contributed by atoms with van der Waals surface area (Å²) in [5, 5.41) is 3.96. The smallest absolute Gasteiger partial charge is 0.416 e. The second-order valence-electron chi connectivity index (χ2n) is 11.3. The number of alkyl halides is 3. The van der Waals surface area contributed by atoms with Crippen LogP contribution in [0, 0.1) is 20.8 Å². The number of methoxy groups -OCH3 is 1. The molecule has 226 valence electrons. The van der Waals surface area contributed by atoms with Gasteiger partial charge in [0.25, 0.3) is 0 Å². The molecule has 0 spiro atoms. The van der Waals surface area contributed by atoms with Crippen LogP contribution in [0.4, 0.5) is 24.5 Å². The number of carbonyl (C=O) groups excluding carboxylic acids is 1. The molecule has 0 amide bonds. The molecule has 0 aliphatic carbocycles. The Morgan fingerprint density at radius 2 is 1.67 bits per heavy atom. The number of esters is 1. The van der Waals surface area contributed by atoms with E-state index in [9.17, 15) is 18.0 Å². The van der Waals surface area contributed by atoms with Gasteiger partial charge < -0.3 is 14.8 Å². The average molecular weight is 592 g/mol. The Morgan fingerprint density at radius 1 is 0.977 bits per heavy atom. The Hall–Kier alpha value is -4.11. The Morgan fingerprint density at radius 3 is 2.35 bits per heavy atom. The quantitative estimate of drug-likeness (QED) is 0.214. The third kappa shape index (κ3) is 6.77. The maximum absolute atomic E-state index is 13.8. The number of aryl methyl sites for hydroxylation is 3. The Labute approximate surface area is 249 Å². The summed E-state index contributed by atoms with van der Waals surface area (Å²) in [6, 6.07) is 19.2. The summed E-state index contributed by atoms with van der Waals surface area (Å²) >= 11 is 0. The lowest BCUT2D eigenvalue weighted by molar-refractivity contribution is -0.149. The van der Waals surface area contributed by atoms with Gasteiger partial charge in [-0.05, 0) is 76.5 Å². The molecule has 1 aliphatic rings. The highest BCUT2D eigenvalue weighted by atomic mass is 19.4. The predicted molar refractivity (Wildman–Crippen MR) is 162 cm³/mol. The van der Waals surface area contributed by atoms with E-state index in [1.165, 1.54) is 7.11 Å². The average Bonchev–Trinajstić information content (AvgIpc) is 2.96. The fourth-order valence-electron chi connectivity index (χ4n) is 5.99. The monoisotopic (exact) mass is 591 g/mol. The van der Waals surface area contributed by atoms with Crippen LogP contribution in [0.2, 0.25) is 0 Å². The summed E-state index contributed by atoms with van der Waals surface area (Å²) in [4.78, 5) is 19.7. The number of carbonyl (C=O) groups is 1. The van der Waals surface area contributed by atoms with Crippen LogP contribution in [0.3, 0.4) is 0 Å². The van der Waals surface area contributed by atoms with Gasteiger partial charge in [0, 0.05) is 35.1 Å². The van der Waals surface area contributed by atoms with Crippen LogP contribution in [0.5, 0.6) is 5.75 Å². The number of anilines is 2. The molecule has 43 heavy (non-hydrogen) atoms. The molecule has 0 saturated carbocycles. The molecule has 0 unspecified atom stereocenters. The number of nitrogens with one attached hydrogen (secondary N) is 1. The van der Waals surface area contributed by atoms with Gasteiger partial charge in [-0.2, -0.15) is 13.2 Å². The molecule has 1 aromatic heterocycles. The van der Waals surface area contributed by atoms with Crippen molar-refractivity contribution in [2.75, 3.05) is 38.7 Å². The van der Waals surface area contributed by atoms with Gasteiger partial charge in [-0.15, -0.1) is 0 Å². The van der Waals surface area contributed by atoms with E-state index in [2.05, 4.69) is 33.4 Å². The molecule has 5 rings (SSSR count). The normalized spacial score (nSPS) is 15.3. The van der Waals surface area contributed by atoms with E-state index in [1.54, 1.807) is 6.07 Å². The lowest BCUT2D eigenvalue weighted by Gasteiger charge is -2.40. The standard InChI is InChI=1S/C34H36F3N3O3/c1-22-15-23(2)17-25(16-22)33(32(41)42-4)9-11-40(12-10-33)13-14-43-28-20-26(34(35,36)37)19-27(21-28)39-31-18-24(3)38-30-8-6-5-7-29(30)31/h5-8,15-21H,9-14H2,1-4H3,(H,38,39). The van der Waals surface area contributed by atoms with Gasteiger partial charge in [0.1, 0.15) is 12.4 Å². The van der Waals surface area contributed by atoms with E-state index < -0.39 is 17.2 Å². The lowest BCUT2D eigenvalue weighted by Crippen LogP contribution is -2.48. The van der Waals surface area contributed by atoms with Crippen LogP contribution in [-0.2, 0) is 21.1 Å². The number of rotatable bonds is 8. The Kier molecular flexibility index (Phi) is 8.64. The van der Waals surface area contributed by atoms with Crippen molar-refractivity contribution in [2.45, 2.75) is 45.2 Å². The summed E-state index contributed by atoms with van der Waals surface area (Å²) in [6.45, 7) is 7.86. The second-order valence-corrected chi connectivity index (χ2v) is 11.3. The predicted octanol–water partition coefficient (Wildman–Crippen LogP) is 7.51. The topological polar surface area (TPSA) is 63.7 Å². The van der Waals surface area contributed by atoms with E-state index in [1.807, 2.05) is 51.1 Å². The molecule has 6 nitrogen and oxygen atoms in total. The molecule has 4 aromatic rings. The molecule has 2 heterocycles. The molecule has 1 N–H and O–H groups in total. The Bertz CT molecular complexity index is 1610. The third-order valence-electron chi connectivity index (χ3n) is 8.09. The van der Waals surface area contributed by atoms with E-state index in [4.69, 9.17) is 9.47 Å². The number of likely N-dealkylation sites (tertiary alicyclic amines) is 1. The number of piperidine rings is 1. The van der Waals surface area contributed by atoms with Crippen LogP contribution in [0.15, 0.2) is 66.7 Å². The highest BCUT2D eigenvalue weighted by Gasteiger charge is 2.44. The number of aromatic nitrogens is 1. The molecule has 1 fully saturated rings. The zero-order valence-corrected chi connectivity index (χ0v) is 24.8. The summed E-state index contributed by atoms with van der Waals surface area (Å²) in [5.41, 5.74) is 4.08. The number of fused-ring (bicyclic) bond motifs is 1. The zero-order valence-electron chi connectivity index (χ0n) is 24.8. The minimum absolute atomic E-state index is 0.128. The Balaban J connectivity index is 1.29. The summed E-state index contributed by atoms with van der Waals surface area (Å²) in [7, 11) is 1.42. The van der Waals surface area contributed by atoms with Crippen LogP contribution < -0.4 is 10.1 Å². The summed E-state index contributed by atoms with van der Waals surface area (Å²) < 4.78 is 52.6. The number of nitrogens with zero attached hydrogens (tertiary/aromatic N) is 2. The first-order valence-corrected chi connectivity index (χ1v) is 14.3. The molecule has 9 heteroatoms. The molecule has 0 bridgehead atoms. The fourth-order valence-corrected chi connectivity index (χ4v) is 5.99. The van der Waals surface area contributed by atoms with Crippen molar-refractivity contribution in [3.8, 4) is 5.75 Å². The van der Waals surface area contributed by atoms with Crippen molar-refractivity contribution in [1.82, 2.24) is 9.88 Å². The second kappa shape index (κ2) is 12.2. The minimum Gasteiger partial charge on any atom is -0.492 e. The first-order chi connectivity index (χ1) is 20.5. The number of hydrogen-bond acceptors (Lipinski definition) is 6. The van der Waals surface area contributed by atoms with Gasteiger partial charge in [0.05, 0.1) is 23.6 Å². The van der Waals surface area contributed by atoms with E-state index in [-0.39, 0.29) is 24.0 Å². The molecule has 3 aromatic carbocycles. The number of pyridine rings is 1. The van der Waals surface area contributed by atoms with Crippen LogP contribution in [0.1, 0.15) is 40.8 Å². The van der Waals surface area contributed by atoms with Crippen LogP contribution >= 0.6 is 0 Å². The van der Waals surface area contributed by atoms with Crippen molar-refractivity contribution in [1.29, 1.82) is 0 Å². The lowest BCUT2D eigenvalue weighted by atomic mass is 9.72. The van der Waals surface area contributed by atoms with Crippen molar-refractivity contribution >= 4 is 28.2 Å². The van der Waals surface area contributed by atoms with Crippen molar-refractivity contribution in [3.63, 3.8) is 0 Å². The van der Waals surface area contributed by atoms with E-state index in [0.29, 0.717) is 38.2 Å². The van der Waals surface area contributed by atoms with Crippen molar-refractivity contribution in [2.24, 2.45) is 0 Å². The first kappa shape index (κ1) is 30.4. The molecular formula is C34H36F3N3O3. The van der Waals surface area contributed by atoms with Crippen LogP contribution in [0.25, 0.3) is 10.9 Å². The maximum Gasteiger partial charge on any atom is 0.416 e. The van der Waals surface area contributed by atoms with E-state index >= 15 is 0 Å². The molecule has 1 aliphatic heterocycles. The summed E-state index contributed by atoms with van der Waals surface area (Å²) in [6.07, 6.45) is -3.37. The van der Waals surface area contributed by atoms with E-state index in [0.717, 1.165) is 45.4 Å². The highest BCUT2D eigenvalue weighted by molar-refractivity contribution is 5.93.